The summed E-state index contributed by atoms with van der Waals surface area (Å²) >= 11 is 0. The molecule has 1 aromatic rings. The summed E-state index contributed by atoms with van der Waals surface area (Å²) in [7, 11) is 0. The Morgan fingerprint density at radius 3 is 2.88 bits per heavy atom. The van der Waals surface area contributed by atoms with Crippen molar-refractivity contribution in [2.75, 3.05) is 11.9 Å². The smallest absolute Gasteiger partial charge is 0.391 e. The second-order valence-electron chi connectivity index (χ2n) is 6.58. The van der Waals surface area contributed by atoms with E-state index in [1.54, 1.807) is 6.07 Å². The number of amides is 1. The van der Waals surface area contributed by atoms with Crippen LogP contribution in [0.2, 0.25) is 0 Å². The molecule has 1 aliphatic heterocycles. The van der Waals surface area contributed by atoms with Gasteiger partial charge in [0.2, 0.25) is 0 Å². The number of nitrogens with one attached hydrogen (secondary N) is 2. The first-order chi connectivity index (χ1) is 11.3. The molecule has 0 bridgehead atoms. The van der Waals surface area contributed by atoms with Crippen molar-refractivity contribution in [2.45, 2.75) is 50.9 Å². The summed E-state index contributed by atoms with van der Waals surface area (Å²) in [6.45, 7) is 1.92. The summed E-state index contributed by atoms with van der Waals surface area (Å²) in [5, 5.41) is 6.05. The van der Waals surface area contributed by atoms with Crippen LogP contribution >= 0.6 is 0 Å². The molecule has 2 N–H and O–H groups in total. The second-order valence-corrected chi connectivity index (χ2v) is 6.58. The number of halogens is 3. The van der Waals surface area contributed by atoms with Crippen molar-refractivity contribution < 1.29 is 22.7 Å². The third-order valence-electron chi connectivity index (χ3n) is 4.76. The van der Waals surface area contributed by atoms with E-state index in [1.807, 2.05) is 19.1 Å². The zero-order valence-corrected chi connectivity index (χ0v) is 13.5. The van der Waals surface area contributed by atoms with Gasteiger partial charge in [0.1, 0.15) is 5.75 Å². The number of fused-ring (bicyclic) bond motifs is 1. The number of carbonyl (C=O) groups excluding carboxylic acids is 1. The van der Waals surface area contributed by atoms with Crippen molar-refractivity contribution >= 4 is 11.6 Å². The van der Waals surface area contributed by atoms with Crippen LogP contribution in [-0.2, 0) is 4.79 Å². The van der Waals surface area contributed by atoms with E-state index in [0.717, 1.165) is 12.0 Å². The highest BCUT2D eigenvalue weighted by atomic mass is 19.4. The number of alkyl halides is 3. The summed E-state index contributed by atoms with van der Waals surface area (Å²) in [5.74, 6) is -0.812. The van der Waals surface area contributed by atoms with Crippen molar-refractivity contribution in [3.63, 3.8) is 0 Å². The van der Waals surface area contributed by atoms with Crippen molar-refractivity contribution in [3.8, 4) is 5.75 Å². The summed E-state index contributed by atoms with van der Waals surface area (Å²) in [4.78, 5) is 11.4. The molecule has 1 amide bonds. The molecule has 2 aliphatic rings. The Bertz CT molecular complexity index is 618. The summed E-state index contributed by atoms with van der Waals surface area (Å²) in [5.41, 5.74) is 1.52. The summed E-state index contributed by atoms with van der Waals surface area (Å²) in [6, 6.07) is 5.21. The second kappa shape index (κ2) is 6.63. The molecule has 1 aliphatic carbocycles. The van der Waals surface area contributed by atoms with Crippen molar-refractivity contribution in [2.24, 2.45) is 5.92 Å². The van der Waals surface area contributed by atoms with Crippen molar-refractivity contribution in [1.82, 2.24) is 5.32 Å². The maximum absolute atomic E-state index is 12.9. The van der Waals surface area contributed by atoms with Gasteiger partial charge in [-0.3, -0.25) is 4.79 Å². The average Bonchev–Trinajstić information content (AvgIpc) is 2.53. The van der Waals surface area contributed by atoms with E-state index in [2.05, 4.69) is 10.6 Å². The van der Waals surface area contributed by atoms with Crippen LogP contribution in [0.4, 0.5) is 18.9 Å². The Morgan fingerprint density at radius 1 is 1.33 bits per heavy atom. The van der Waals surface area contributed by atoms with Gasteiger partial charge >= 0.3 is 6.18 Å². The highest BCUT2D eigenvalue weighted by Gasteiger charge is 2.42. The summed E-state index contributed by atoms with van der Waals surface area (Å²) < 4.78 is 44.1. The minimum Gasteiger partial charge on any atom is -0.482 e. The van der Waals surface area contributed by atoms with E-state index in [1.165, 1.54) is 0 Å². The molecule has 1 heterocycles. The van der Waals surface area contributed by atoms with Gasteiger partial charge < -0.3 is 15.4 Å². The number of carbonyl (C=O) groups is 1. The fraction of sp³-hybridized carbons (Fsp3) is 0.588. The predicted molar refractivity (Wildman–Crippen MR) is 83.9 cm³/mol. The molecule has 132 valence electrons. The van der Waals surface area contributed by atoms with Gasteiger partial charge in [-0.1, -0.05) is 12.5 Å². The first-order valence-electron chi connectivity index (χ1n) is 8.22. The molecule has 3 atom stereocenters. The number of rotatable bonds is 3. The van der Waals surface area contributed by atoms with Crippen LogP contribution in [0.1, 0.15) is 44.2 Å². The summed E-state index contributed by atoms with van der Waals surface area (Å²) in [6.07, 6.45) is -2.43. The monoisotopic (exact) mass is 342 g/mol. The van der Waals surface area contributed by atoms with Crippen LogP contribution in [0.15, 0.2) is 18.2 Å². The average molecular weight is 342 g/mol. The lowest BCUT2D eigenvalue weighted by molar-refractivity contribution is -0.183. The molecule has 4 nitrogen and oxygen atoms in total. The van der Waals surface area contributed by atoms with Crippen molar-refractivity contribution in [1.29, 1.82) is 0 Å². The van der Waals surface area contributed by atoms with Gasteiger partial charge in [-0.15, -0.1) is 0 Å². The van der Waals surface area contributed by atoms with E-state index in [-0.39, 0.29) is 37.4 Å². The molecule has 1 aromatic carbocycles. The Hall–Kier alpha value is -1.76. The third-order valence-corrected chi connectivity index (χ3v) is 4.76. The van der Waals surface area contributed by atoms with Crippen LogP contribution < -0.4 is 15.4 Å². The van der Waals surface area contributed by atoms with E-state index in [0.29, 0.717) is 17.9 Å². The van der Waals surface area contributed by atoms with E-state index in [9.17, 15) is 18.0 Å². The fourth-order valence-corrected chi connectivity index (χ4v) is 3.46. The van der Waals surface area contributed by atoms with E-state index in [4.69, 9.17) is 4.74 Å². The Morgan fingerprint density at radius 2 is 2.12 bits per heavy atom. The Kier molecular flexibility index (Phi) is 4.71. The number of ether oxygens (including phenoxy) is 1. The predicted octanol–water partition coefficient (Wildman–Crippen LogP) is 3.79. The van der Waals surface area contributed by atoms with Gasteiger partial charge in [0.05, 0.1) is 11.6 Å². The number of anilines is 1. The van der Waals surface area contributed by atoms with Gasteiger partial charge in [-0.05, 0) is 43.9 Å². The molecular weight excluding hydrogens is 321 g/mol. The molecular formula is C17H21F3N2O2. The number of benzene rings is 1. The normalized spacial score (nSPS) is 25.4. The first kappa shape index (κ1) is 17.1. The van der Waals surface area contributed by atoms with Crippen LogP contribution in [-0.4, -0.2) is 24.7 Å². The van der Waals surface area contributed by atoms with Crippen LogP contribution in [0.25, 0.3) is 0 Å². The lowest BCUT2D eigenvalue weighted by atomic mass is 9.84. The minimum atomic E-state index is -4.11. The number of hydrogen-bond donors (Lipinski definition) is 2. The third kappa shape index (κ3) is 3.83. The van der Waals surface area contributed by atoms with E-state index < -0.39 is 12.1 Å². The minimum absolute atomic E-state index is 0.00105. The molecule has 7 heteroatoms. The van der Waals surface area contributed by atoms with Crippen LogP contribution in [0.3, 0.4) is 0 Å². The number of hydrogen-bond acceptors (Lipinski definition) is 3. The molecule has 0 spiro atoms. The topological polar surface area (TPSA) is 50.4 Å². The Balaban J connectivity index is 1.65. The van der Waals surface area contributed by atoms with E-state index >= 15 is 0 Å². The van der Waals surface area contributed by atoms with Gasteiger partial charge in [0.15, 0.2) is 6.61 Å². The first-order valence-corrected chi connectivity index (χ1v) is 8.22. The lowest BCUT2D eigenvalue weighted by Crippen LogP contribution is -2.39. The van der Waals surface area contributed by atoms with Crippen LogP contribution in [0.5, 0.6) is 5.75 Å². The lowest BCUT2D eigenvalue weighted by Gasteiger charge is -2.33. The highest BCUT2D eigenvalue weighted by Crippen LogP contribution is 2.38. The van der Waals surface area contributed by atoms with Gasteiger partial charge in [-0.25, -0.2) is 0 Å². The molecule has 0 aromatic heterocycles. The Labute approximate surface area is 138 Å². The van der Waals surface area contributed by atoms with Gasteiger partial charge in [0.25, 0.3) is 5.91 Å². The SMILES string of the molecule is CC(NC1CCCC(C(F)(F)F)C1)c1ccc2c(c1)NC(=O)CO2. The molecule has 3 rings (SSSR count). The molecule has 24 heavy (non-hydrogen) atoms. The van der Waals surface area contributed by atoms with Gasteiger partial charge in [-0.2, -0.15) is 13.2 Å². The molecule has 1 saturated carbocycles. The largest absolute Gasteiger partial charge is 0.482 e. The van der Waals surface area contributed by atoms with Crippen LogP contribution in [0, 0.1) is 5.92 Å². The standard InChI is InChI=1S/C17H21F3N2O2/c1-10(21-13-4-2-3-12(8-13)17(18,19)20)11-5-6-15-14(7-11)22-16(23)9-24-15/h5-7,10,12-13,21H,2-4,8-9H2,1H3,(H,22,23). The maximum Gasteiger partial charge on any atom is 0.391 e. The zero-order valence-electron chi connectivity index (χ0n) is 13.5. The molecule has 0 radical (unpaired) electrons. The molecule has 0 saturated heterocycles. The molecule has 3 unspecified atom stereocenters. The quantitative estimate of drug-likeness (QED) is 0.879. The zero-order chi connectivity index (χ0) is 17.3. The van der Waals surface area contributed by atoms with Gasteiger partial charge in [0, 0.05) is 12.1 Å². The highest BCUT2D eigenvalue weighted by molar-refractivity contribution is 5.95. The fourth-order valence-electron chi connectivity index (χ4n) is 3.46. The van der Waals surface area contributed by atoms with Crippen molar-refractivity contribution in [3.05, 3.63) is 23.8 Å². The molecule has 1 fully saturated rings. The maximum atomic E-state index is 12.9.